The number of nitrogens with one attached hydrogen (secondary N) is 1. The molecule has 2 aromatic rings. The zero-order valence-electron chi connectivity index (χ0n) is 12.1. The summed E-state index contributed by atoms with van der Waals surface area (Å²) in [7, 11) is -3.24. The number of hydrogen-bond donors (Lipinski definition) is 2. The number of carbonyl (C=O) groups is 1. The molecule has 7 nitrogen and oxygen atoms in total. The van der Waals surface area contributed by atoms with E-state index in [1.807, 2.05) is 0 Å². The Bertz CT molecular complexity index is 788. The standard InChI is InChI=1S/C14H16N4O3S/c1-9(10-3-5-11(6-4-10)22(2,20)21)18-14(19)12-13(15)17-8-7-16-12/h3-9H,1-2H3,(H2,15,17)(H,18,19)/t9-/m1/s1. The first-order chi connectivity index (χ1) is 10.3. The molecule has 0 saturated heterocycles. The second kappa shape index (κ2) is 6.10. The molecule has 0 bridgehead atoms. The van der Waals surface area contributed by atoms with Crippen LogP contribution in [0.3, 0.4) is 0 Å². The highest BCUT2D eigenvalue weighted by Crippen LogP contribution is 2.17. The molecular formula is C14H16N4O3S. The summed E-state index contributed by atoms with van der Waals surface area (Å²) >= 11 is 0. The summed E-state index contributed by atoms with van der Waals surface area (Å²) in [5.41, 5.74) is 6.43. The third-order valence-electron chi connectivity index (χ3n) is 3.10. The number of rotatable bonds is 4. The first-order valence-corrected chi connectivity index (χ1v) is 8.35. The molecule has 1 aromatic heterocycles. The summed E-state index contributed by atoms with van der Waals surface area (Å²) < 4.78 is 22.8. The van der Waals surface area contributed by atoms with Crippen molar-refractivity contribution >= 4 is 21.6 Å². The van der Waals surface area contributed by atoms with Gasteiger partial charge in [-0.15, -0.1) is 0 Å². The molecule has 1 aromatic carbocycles. The van der Waals surface area contributed by atoms with Gasteiger partial charge in [-0.2, -0.15) is 0 Å². The maximum atomic E-state index is 12.1. The average Bonchev–Trinajstić information content (AvgIpc) is 2.46. The summed E-state index contributed by atoms with van der Waals surface area (Å²) in [5, 5.41) is 2.74. The van der Waals surface area contributed by atoms with Crippen molar-refractivity contribution < 1.29 is 13.2 Å². The van der Waals surface area contributed by atoms with E-state index in [1.165, 1.54) is 24.5 Å². The van der Waals surface area contributed by atoms with Gasteiger partial charge in [-0.05, 0) is 24.6 Å². The number of anilines is 1. The van der Waals surface area contributed by atoms with Gasteiger partial charge in [0.05, 0.1) is 10.9 Å². The van der Waals surface area contributed by atoms with Gasteiger partial charge in [-0.3, -0.25) is 4.79 Å². The lowest BCUT2D eigenvalue weighted by atomic mass is 10.1. The van der Waals surface area contributed by atoms with Crippen LogP contribution in [0.25, 0.3) is 0 Å². The molecule has 0 aliphatic heterocycles. The van der Waals surface area contributed by atoms with Gasteiger partial charge in [0.25, 0.3) is 5.91 Å². The number of amides is 1. The highest BCUT2D eigenvalue weighted by Gasteiger charge is 2.16. The molecule has 3 N–H and O–H groups in total. The predicted octanol–water partition coefficient (Wildman–Crippen LogP) is 0.953. The third-order valence-corrected chi connectivity index (χ3v) is 4.23. The Labute approximate surface area is 128 Å². The molecule has 0 aliphatic carbocycles. The highest BCUT2D eigenvalue weighted by atomic mass is 32.2. The van der Waals surface area contributed by atoms with Crippen molar-refractivity contribution in [1.82, 2.24) is 15.3 Å². The van der Waals surface area contributed by atoms with Crippen molar-refractivity contribution in [3.8, 4) is 0 Å². The van der Waals surface area contributed by atoms with Crippen LogP contribution in [0.4, 0.5) is 5.82 Å². The first-order valence-electron chi connectivity index (χ1n) is 6.46. The van der Waals surface area contributed by atoms with Crippen LogP contribution < -0.4 is 11.1 Å². The van der Waals surface area contributed by atoms with Crippen LogP contribution >= 0.6 is 0 Å². The predicted molar refractivity (Wildman–Crippen MR) is 81.9 cm³/mol. The first kappa shape index (κ1) is 15.9. The lowest BCUT2D eigenvalue weighted by Crippen LogP contribution is -2.28. The Kier molecular flexibility index (Phi) is 4.41. The molecule has 1 amide bonds. The van der Waals surface area contributed by atoms with E-state index in [4.69, 9.17) is 5.73 Å². The van der Waals surface area contributed by atoms with Gasteiger partial charge >= 0.3 is 0 Å². The minimum absolute atomic E-state index is 0.0552. The fraction of sp³-hybridized carbons (Fsp3) is 0.214. The van der Waals surface area contributed by atoms with Crippen LogP contribution in [0, 0.1) is 0 Å². The van der Waals surface area contributed by atoms with Crippen LogP contribution in [0.15, 0.2) is 41.6 Å². The second-order valence-electron chi connectivity index (χ2n) is 4.83. The zero-order chi connectivity index (χ0) is 16.3. The summed E-state index contributed by atoms with van der Waals surface area (Å²) in [6, 6.07) is 5.99. The van der Waals surface area contributed by atoms with E-state index in [0.29, 0.717) is 0 Å². The molecule has 0 radical (unpaired) electrons. The lowest BCUT2D eigenvalue weighted by Gasteiger charge is -2.14. The number of carbonyl (C=O) groups excluding carboxylic acids is 1. The fourth-order valence-corrected chi connectivity index (χ4v) is 2.51. The van der Waals surface area contributed by atoms with E-state index in [-0.39, 0.29) is 22.4 Å². The summed E-state index contributed by atoms with van der Waals surface area (Å²) in [6.07, 6.45) is 3.93. The van der Waals surface area contributed by atoms with Crippen LogP contribution in [-0.4, -0.2) is 30.5 Å². The quantitative estimate of drug-likeness (QED) is 0.866. The van der Waals surface area contributed by atoms with E-state index in [9.17, 15) is 13.2 Å². The van der Waals surface area contributed by atoms with Crippen molar-refractivity contribution in [2.24, 2.45) is 0 Å². The normalized spacial score (nSPS) is 12.6. The molecule has 0 fully saturated rings. The third kappa shape index (κ3) is 3.59. The number of hydrogen-bond acceptors (Lipinski definition) is 6. The molecule has 116 valence electrons. The van der Waals surface area contributed by atoms with Gasteiger partial charge in [-0.25, -0.2) is 18.4 Å². The van der Waals surface area contributed by atoms with Gasteiger partial charge < -0.3 is 11.1 Å². The van der Waals surface area contributed by atoms with Gasteiger partial charge in [0.2, 0.25) is 0 Å². The molecule has 0 spiro atoms. The summed E-state index contributed by atoms with van der Waals surface area (Å²) in [6.45, 7) is 1.78. The molecule has 2 rings (SSSR count). The van der Waals surface area contributed by atoms with E-state index in [0.717, 1.165) is 11.8 Å². The number of nitrogens with zero attached hydrogens (tertiary/aromatic N) is 2. The topological polar surface area (TPSA) is 115 Å². The van der Waals surface area contributed by atoms with Crippen molar-refractivity contribution in [1.29, 1.82) is 0 Å². The maximum absolute atomic E-state index is 12.1. The van der Waals surface area contributed by atoms with Crippen LogP contribution in [0.1, 0.15) is 29.0 Å². The maximum Gasteiger partial charge on any atom is 0.274 e. The average molecular weight is 320 g/mol. The van der Waals surface area contributed by atoms with Crippen LogP contribution in [0.2, 0.25) is 0 Å². The van der Waals surface area contributed by atoms with Gasteiger partial charge in [-0.1, -0.05) is 12.1 Å². The van der Waals surface area contributed by atoms with Crippen molar-refractivity contribution in [2.75, 3.05) is 12.0 Å². The SMILES string of the molecule is C[C@@H](NC(=O)c1nccnc1N)c1ccc(S(C)(=O)=O)cc1. The Morgan fingerprint density at radius 3 is 2.32 bits per heavy atom. The fourth-order valence-electron chi connectivity index (χ4n) is 1.88. The van der Waals surface area contributed by atoms with Gasteiger partial charge in [0, 0.05) is 18.6 Å². The smallest absolute Gasteiger partial charge is 0.274 e. The molecular weight excluding hydrogens is 304 g/mol. The molecule has 0 unspecified atom stereocenters. The largest absolute Gasteiger partial charge is 0.382 e. The van der Waals surface area contributed by atoms with E-state index in [2.05, 4.69) is 15.3 Å². The molecule has 8 heteroatoms. The van der Waals surface area contributed by atoms with E-state index < -0.39 is 15.7 Å². The van der Waals surface area contributed by atoms with E-state index >= 15 is 0 Å². The summed E-state index contributed by atoms with van der Waals surface area (Å²) in [5.74, 6) is -0.384. The number of benzene rings is 1. The monoisotopic (exact) mass is 320 g/mol. The lowest BCUT2D eigenvalue weighted by molar-refractivity contribution is 0.0935. The molecule has 0 aliphatic rings. The minimum atomic E-state index is -3.24. The Morgan fingerprint density at radius 2 is 1.77 bits per heavy atom. The second-order valence-corrected chi connectivity index (χ2v) is 6.84. The van der Waals surface area contributed by atoms with Crippen molar-refractivity contribution in [2.45, 2.75) is 17.9 Å². The minimum Gasteiger partial charge on any atom is -0.382 e. The van der Waals surface area contributed by atoms with Crippen LogP contribution in [-0.2, 0) is 9.84 Å². The molecule has 22 heavy (non-hydrogen) atoms. The number of nitrogens with two attached hydrogens (primary N) is 1. The van der Waals surface area contributed by atoms with Crippen LogP contribution in [0.5, 0.6) is 0 Å². The van der Waals surface area contributed by atoms with E-state index in [1.54, 1.807) is 19.1 Å². The Hall–Kier alpha value is -2.48. The molecule has 1 heterocycles. The molecule has 1 atom stereocenters. The number of aromatic nitrogens is 2. The molecule has 0 saturated carbocycles. The zero-order valence-corrected chi connectivity index (χ0v) is 13.0. The summed E-state index contributed by atoms with van der Waals surface area (Å²) in [4.78, 5) is 20.0. The van der Waals surface area contributed by atoms with Crippen molar-refractivity contribution in [3.05, 3.63) is 47.9 Å². The van der Waals surface area contributed by atoms with Crippen molar-refractivity contribution in [3.63, 3.8) is 0 Å². The van der Waals surface area contributed by atoms with Gasteiger partial charge in [0.1, 0.15) is 0 Å². The number of sulfone groups is 1. The Balaban J connectivity index is 2.14. The Morgan fingerprint density at radius 1 is 1.18 bits per heavy atom. The van der Waals surface area contributed by atoms with Gasteiger partial charge in [0.15, 0.2) is 21.3 Å². The highest BCUT2D eigenvalue weighted by molar-refractivity contribution is 7.90. The number of nitrogen functional groups attached to an aromatic ring is 1.